The van der Waals surface area contributed by atoms with Crippen LogP contribution in [0.5, 0.6) is 5.75 Å². The topological polar surface area (TPSA) is 47.6 Å². The van der Waals surface area contributed by atoms with Crippen molar-refractivity contribution in [2.75, 3.05) is 11.9 Å². The predicted molar refractivity (Wildman–Crippen MR) is 76.9 cm³/mol. The van der Waals surface area contributed by atoms with Crippen LogP contribution in [-0.4, -0.2) is 24.7 Å². The monoisotopic (exact) mass is 275 g/mol. The molecule has 1 unspecified atom stereocenters. The number of para-hydroxylation sites is 2. The molecule has 1 atom stereocenters. The van der Waals surface area contributed by atoms with Crippen LogP contribution in [0.15, 0.2) is 24.3 Å². The van der Waals surface area contributed by atoms with Gasteiger partial charge < -0.3 is 14.8 Å². The maximum atomic E-state index is 12.2. The Morgan fingerprint density at radius 2 is 2.00 bits per heavy atom. The van der Waals surface area contributed by atoms with Crippen molar-refractivity contribution in [3.63, 3.8) is 0 Å². The van der Waals surface area contributed by atoms with Gasteiger partial charge in [0.15, 0.2) is 0 Å². The van der Waals surface area contributed by atoms with Crippen molar-refractivity contribution >= 4 is 11.7 Å². The van der Waals surface area contributed by atoms with Gasteiger partial charge in [0.25, 0.3) is 0 Å². The number of rotatable bonds is 2. The number of benzene rings is 1. The molecule has 1 aromatic rings. The molecular formula is C16H21NO3. The molecule has 0 saturated heterocycles. The zero-order valence-corrected chi connectivity index (χ0v) is 11.8. The summed E-state index contributed by atoms with van der Waals surface area (Å²) in [6.07, 6.45) is 3.77. The summed E-state index contributed by atoms with van der Waals surface area (Å²) in [4.78, 5) is 12.2. The van der Waals surface area contributed by atoms with E-state index in [0.29, 0.717) is 6.54 Å². The predicted octanol–water partition coefficient (Wildman–Crippen LogP) is 2.98. The minimum absolute atomic E-state index is 0.0690. The van der Waals surface area contributed by atoms with E-state index in [4.69, 9.17) is 9.47 Å². The fraction of sp³-hybridized carbons (Fsp3) is 0.562. The minimum Gasteiger partial charge on any atom is -0.475 e. The van der Waals surface area contributed by atoms with Crippen LogP contribution in [-0.2, 0) is 9.53 Å². The molecule has 1 aliphatic carbocycles. The van der Waals surface area contributed by atoms with Crippen LogP contribution in [0.1, 0.15) is 32.6 Å². The highest BCUT2D eigenvalue weighted by Gasteiger charge is 2.30. The van der Waals surface area contributed by atoms with Gasteiger partial charge in [0.2, 0.25) is 6.10 Å². The van der Waals surface area contributed by atoms with Crippen LogP contribution in [0.25, 0.3) is 0 Å². The fourth-order valence-corrected chi connectivity index (χ4v) is 2.83. The third-order valence-corrected chi connectivity index (χ3v) is 4.14. The van der Waals surface area contributed by atoms with E-state index in [-0.39, 0.29) is 12.1 Å². The van der Waals surface area contributed by atoms with Crippen LogP contribution < -0.4 is 10.1 Å². The lowest BCUT2D eigenvalue weighted by Crippen LogP contribution is -2.41. The van der Waals surface area contributed by atoms with E-state index < -0.39 is 6.10 Å². The molecular weight excluding hydrogens is 254 g/mol. The average Bonchev–Trinajstić information content (AvgIpc) is 2.49. The van der Waals surface area contributed by atoms with Crippen LogP contribution in [0.4, 0.5) is 5.69 Å². The maximum absolute atomic E-state index is 12.2. The Kier molecular flexibility index (Phi) is 3.81. The first-order valence-corrected chi connectivity index (χ1v) is 7.42. The smallest absolute Gasteiger partial charge is 0.349 e. The number of fused-ring (bicyclic) bond motifs is 1. The second-order valence-electron chi connectivity index (χ2n) is 5.80. The van der Waals surface area contributed by atoms with Gasteiger partial charge in [0.05, 0.1) is 12.2 Å². The number of ether oxygens (including phenoxy) is 2. The van der Waals surface area contributed by atoms with Gasteiger partial charge in [-0.3, -0.25) is 0 Å². The first kappa shape index (κ1) is 13.3. The van der Waals surface area contributed by atoms with Crippen molar-refractivity contribution in [1.82, 2.24) is 0 Å². The van der Waals surface area contributed by atoms with Crippen molar-refractivity contribution in [2.24, 2.45) is 5.92 Å². The molecule has 0 radical (unpaired) electrons. The molecule has 0 amide bonds. The first-order valence-electron chi connectivity index (χ1n) is 7.42. The summed E-state index contributed by atoms with van der Waals surface area (Å²) < 4.78 is 11.3. The molecule has 1 fully saturated rings. The van der Waals surface area contributed by atoms with E-state index in [0.717, 1.165) is 43.0 Å². The average molecular weight is 275 g/mol. The molecule has 1 aliphatic heterocycles. The highest BCUT2D eigenvalue weighted by molar-refractivity contribution is 5.78. The van der Waals surface area contributed by atoms with Crippen molar-refractivity contribution in [2.45, 2.75) is 44.8 Å². The molecule has 4 heteroatoms. The summed E-state index contributed by atoms with van der Waals surface area (Å²) >= 11 is 0. The second kappa shape index (κ2) is 5.73. The zero-order valence-electron chi connectivity index (χ0n) is 11.8. The van der Waals surface area contributed by atoms with E-state index in [1.165, 1.54) is 0 Å². The minimum atomic E-state index is -0.538. The Hall–Kier alpha value is -1.71. The number of anilines is 1. The Labute approximate surface area is 119 Å². The largest absolute Gasteiger partial charge is 0.475 e. The van der Waals surface area contributed by atoms with E-state index in [2.05, 4.69) is 12.2 Å². The summed E-state index contributed by atoms with van der Waals surface area (Å²) in [5.41, 5.74) is 0.933. The van der Waals surface area contributed by atoms with Crippen molar-refractivity contribution in [3.05, 3.63) is 24.3 Å². The highest BCUT2D eigenvalue weighted by atomic mass is 16.6. The van der Waals surface area contributed by atoms with Gasteiger partial charge in [0, 0.05) is 0 Å². The summed E-state index contributed by atoms with van der Waals surface area (Å²) in [5, 5.41) is 3.21. The number of carbonyl (C=O) groups is 1. The van der Waals surface area contributed by atoms with Gasteiger partial charge in [-0.15, -0.1) is 0 Å². The number of esters is 1. The molecule has 108 valence electrons. The molecule has 1 N–H and O–H groups in total. The quantitative estimate of drug-likeness (QED) is 0.843. The summed E-state index contributed by atoms with van der Waals surface area (Å²) in [6, 6.07) is 7.65. The van der Waals surface area contributed by atoms with Gasteiger partial charge in [-0.05, 0) is 43.7 Å². The molecule has 0 bridgehead atoms. The Balaban J connectivity index is 1.56. The van der Waals surface area contributed by atoms with Gasteiger partial charge >= 0.3 is 5.97 Å². The third kappa shape index (κ3) is 2.89. The summed E-state index contributed by atoms with van der Waals surface area (Å²) in [5.74, 6) is 1.23. The standard InChI is InChI=1S/C16H21NO3/c1-11-6-8-12(9-7-11)19-16(18)15-10-17-13-4-2-3-5-14(13)20-15/h2-5,11-12,15,17H,6-10H2,1H3. The van der Waals surface area contributed by atoms with Crippen molar-refractivity contribution in [3.8, 4) is 5.75 Å². The van der Waals surface area contributed by atoms with Crippen LogP contribution >= 0.6 is 0 Å². The Bertz CT molecular complexity index is 480. The van der Waals surface area contributed by atoms with Crippen LogP contribution in [0, 0.1) is 5.92 Å². The molecule has 0 aromatic heterocycles. The number of nitrogens with one attached hydrogen (secondary N) is 1. The first-order chi connectivity index (χ1) is 9.72. The number of hydrogen-bond donors (Lipinski definition) is 1. The number of carbonyl (C=O) groups excluding carboxylic acids is 1. The third-order valence-electron chi connectivity index (χ3n) is 4.14. The van der Waals surface area contributed by atoms with Crippen LogP contribution in [0.3, 0.4) is 0 Å². The molecule has 2 aliphatic rings. The summed E-state index contributed by atoms with van der Waals surface area (Å²) in [7, 11) is 0. The van der Waals surface area contributed by atoms with E-state index in [1.807, 2.05) is 24.3 Å². The highest BCUT2D eigenvalue weighted by Crippen LogP contribution is 2.30. The van der Waals surface area contributed by atoms with Gasteiger partial charge in [-0.1, -0.05) is 19.1 Å². The Morgan fingerprint density at radius 1 is 1.25 bits per heavy atom. The van der Waals surface area contributed by atoms with Crippen molar-refractivity contribution < 1.29 is 14.3 Å². The van der Waals surface area contributed by atoms with Gasteiger partial charge in [0.1, 0.15) is 11.9 Å². The van der Waals surface area contributed by atoms with E-state index in [1.54, 1.807) is 0 Å². The summed E-state index contributed by atoms with van der Waals surface area (Å²) in [6.45, 7) is 2.72. The lowest BCUT2D eigenvalue weighted by atomic mass is 9.89. The normalized spacial score (nSPS) is 28.8. The lowest BCUT2D eigenvalue weighted by molar-refractivity contribution is -0.158. The molecule has 1 heterocycles. The fourth-order valence-electron chi connectivity index (χ4n) is 2.83. The number of hydrogen-bond acceptors (Lipinski definition) is 4. The van der Waals surface area contributed by atoms with E-state index >= 15 is 0 Å². The lowest BCUT2D eigenvalue weighted by Gasteiger charge is -2.30. The molecule has 3 rings (SSSR count). The van der Waals surface area contributed by atoms with Crippen molar-refractivity contribution in [1.29, 1.82) is 0 Å². The van der Waals surface area contributed by atoms with E-state index in [9.17, 15) is 4.79 Å². The van der Waals surface area contributed by atoms with Gasteiger partial charge in [-0.2, -0.15) is 0 Å². The zero-order chi connectivity index (χ0) is 13.9. The second-order valence-corrected chi connectivity index (χ2v) is 5.80. The van der Waals surface area contributed by atoms with Gasteiger partial charge in [-0.25, -0.2) is 4.79 Å². The van der Waals surface area contributed by atoms with Crippen LogP contribution in [0.2, 0.25) is 0 Å². The maximum Gasteiger partial charge on any atom is 0.349 e. The molecule has 4 nitrogen and oxygen atoms in total. The molecule has 0 spiro atoms. The molecule has 1 saturated carbocycles. The SMILES string of the molecule is CC1CCC(OC(=O)C2CNc3ccccc3O2)CC1. The molecule has 1 aromatic carbocycles. The Morgan fingerprint density at radius 3 is 2.80 bits per heavy atom. The molecule has 20 heavy (non-hydrogen) atoms.